The van der Waals surface area contributed by atoms with Crippen molar-refractivity contribution in [3.63, 3.8) is 0 Å². The minimum absolute atomic E-state index is 0.307. The van der Waals surface area contributed by atoms with Crippen LogP contribution in [-0.4, -0.2) is 17.6 Å². The second kappa shape index (κ2) is 6.10. The van der Waals surface area contributed by atoms with Crippen molar-refractivity contribution in [2.24, 2.45) is 0 Å². The van der Waals surface area contributed by atoms with E-state index >= 15 is 0 Å². The first kappa shape index (κ1) is 15.5. The van der Waals surface area contributed by atoms with E-state index < -0.39 is 0 Å². The highest BCUT2D eigenvalue weighted by Crippen LogP contribution is 2.24. The Morgan fingerprint density at radius 3 is 2.60 bits per heavy atom. The summed E-state index contributed by atoms with van der Waals surface area (Å²) in [5.41, 5.74) is 4.06. The molecule has 3 aromatic carbocycles. The van der Waals surface area contributed by atoms with Gasteiger partial charge in [0, 0.05) is 23.6 Å². The zero-order chi connectivity index (χ0) is 17.4. The van der Waals surface area contributed by atoms with Crippen molar-refractivity contribution in [2.45, 2.75) is 13.5 Å². The predicted molar refractivity (Wildman–Crippen MR) is 101 cm³/mol. The number of methoxy groups -OCH3 is 1. The molecule has 4 aromatic rings. The monoisotopic (exact) mass is 329 g/mol. The molecule has 0 saturated carbocycles. The van der Waals surface area contributed by atoms with E-state index in [1.54, 1.807) is 0 Å². The predicted octanol–water partition coefficient (Wildman–Crippen LogP) is 4.94. The molecule has 0 bridgehead atoms. The minimum Gasteiger partial charge on any atom is -0.465 e. The molecular weight excluding hydrogens is 310 g/mol. The number of aromatic nitrogens is 1. The summed E-state index contributed by atoms with van der Waals surface area (Å²) in [7, 11) is 1.41. The molecule has 0 aliphatic heterocycles. The van der Waals surface area contributed by atoms with Crippen LogP contribution in [-0.2, 0) is 11.3 Å². The van der Waals surface area contributed by atoms with Crippen LogP contribution < -0.4 is 0 Å². The highest BCUT2D eigenvalue weighted by atomic mass is 16.5. The fourth-order valence-electron chi connectivity index (χ4n) is 3.39. The summed E-state index contributed by atoms with van der Waals surface area (Å²) in [6.07, 6.45) is 2.14. The van der Waals surface area contributed by atoms with Gasteiger partial charge in [0.1, 0.15) is 0 Å². The third-order valence-electron chi connectivity index (χ3n) is 4.67. The summed E-state index contributed by atoms with van der Waals surface area (Å²) in [5, 5.41) is 3.64. The molecule has 1 heterocycles. The summed E-state index contributed by atoms with van der Waals surface area (Å²) >= 11 is 0. The molecule has 0 radical (unpaired) electrons. The van der Waals surface area contributed by atoms with E-state index in [1.807, 2.05) is 18.2 Å². The van der Waals surface area contributed by atoms with E-state index in [0.29, 0.717) is 5.56 Å². The van der Waals surface area contributed by atoms with Gasteiger partial charge in [0.2, 0.25) is 0 Å². The van der Waals surface area contributed by atoms with Crippen LogP contribution in [0.5, 0.6) is 0 Å². The van der Waals surface area contributed by atoms with Gasteiger partial charge in [-0.3, -0.25) is 0 Å². The molecule has 0 aliphatic carbocycles. The van der Waals surface area contributed by atoms with Crippen molar-refractivity contribution in [3.8, 4) is 0 Å². The number of hydrogen-bond acceptors (Lipinski definition) is 2. The summed E-state index contributed by atoms with van der Waals surface area (Å²) in [6, 6.07) is 20.6. The van der Waals surface area contributed by atoms with Crippen molar-refractivity contribution < 1.29 is 9.53 Å². The zero-order valence-corrected chi connectivity index (χ0v) is 14.3. The molecule has 3 heteroatoms. The number of ether oxygens (including phenoxy) is 1. The fraction of sp³-hybridized carbons (Fsp3) is 0.136. The van der Waals surface area contributed by atoms with Crippen LogP contribution in [0, 0.1) is 6.92 Å². The largest absolute Gasteiger partial charge is 0.465 e. The summed E-state index contributed by atoms with van der Waals surface area (Å²) < 4.78 is 7.05. The molecule has 0 atom stereocenters. The van der Waals surface area contributed by atoms with E-state index in [1.165, 1.54) is 29.0 Å². The van der Waals surface area contributed by atoms with Crippen molar-refractivity contribution in [2.75, 3.05) is 7.11 Å². The molecule has 0 saturated heterocycles. The Labute approximate surface area is 146 Å². The molecule has 0 amide bonds. The molecule has 0 spiro atoms. The molecular formula is C22H19NO2. The average molecular weight is 329 g/mol. The second-order valence-corrected chi connectivity index (χ2v) is 6.35. The highest BCUT2D eigenvalue weighted by Gasteiger charge is 2.11. The average Bonchev–Trinajstić information content (AvgIpc) is 2.96. The maximum absolute atomic E-state index is 11.8. The first-order valence-electron chi connectivity index (χ1n) is 8.31. The topological polar surface area (TPSA) is 31.2 Å². The maximum Gasteiger partial charge on any atom is 0.337 e. The number of benzene rings is 3. The van der Waals surface area contributed by atoms with E-state index in [0.717, 1.165) is 17.4 Å². The van der Waals surface area contributed by atoms with Gasteiger partial charge in [0.15, 0.2) is 0 Å². The SMILES string of the molecule is COC(=O)c1ccc2c(C)cn(Cc3ccc4ccccc4c3)c2c1. The van der Waals surface area contributed by atoms with Crippen LogP contribution in [0.15, 0.2) is 66.9 Å². The first-order chi connectivity index (χ1) is 12.2. The second-order valence-electron chi connectivity index (χ2n) is 6.35. The van der Waals surface area contributed by atoms with Crippen LogP contribution in [0.4, 0.5) is 0 Å². The summed E-state index contributed by atoms with van der Waals surface area (Å²) in [4.78, 5) is 11.8. The quantitative estimate of drug-likeness (QED) is 0.499. The van der Waals surface area contributed by atoms with E-state index in [4.69, 9.17) is 4.74 Å². The van der Waals surface area contributed by atoms with Crippen LogP contribution in [0.25, 0.3) is 21.7 Å². The Hall–Kier alpha value is -3.07. The Balaban J connectivity index is 1.78. The number of nitrogens with zero attached hydrogens (tertiary/aromatic N) is 1. The lowest BCUT2D eigenvalue weighted by Gasteiger charge is -2.08. The zero-order valence-electron chi connectivity index (χ0n) is 14.3. The first-order valence-corrected chi connectivity index (χ1v) is 8.31. The van der Waals surface area contributed by atoms with Gasteiger partial charge in [-0.15, -0.1) is 0 Å². The molecule has 124 valence electrons. The van der Waals surface area contributed by atoms with Crippen LogP contribution in [0.1, 0.15) is 21.5 Å². The summed E-state index contributed by atoms with van der Waals surface area (Å²) in [5.74, 6) is -0.307. The van der Waals surface area contributed by atoms with E-state index in [-0.39, 0.29) is 5.97 Å². The number of aryl methyl sites for hydroxylation is 1. The van der Waals surface area contributed by atoms with Crippen molar-refractivity contribution >= 4 is 27.6 Å². The minimum atomic E-state index is -0.307. The van der Waals surface area contributed by atoms with Gasteiger partial charge in [-0.25, -0.2) is 4.79 Å². The smallest absolute Gasteiger partial charge is 0.337 e. The molecule has 0 aliphatic rings. The van der Waals surface area contributed by atoms with Gasteiger partial charge < -0.3 is 9.30 Å². The molecule has 1 aromatic heterocycles. The number of hydrogen-bond donors (Lipinski definition) is 0. The Morgan fingerprint density at radius 2 is 1.80 bits per heavy atom. The molecule has 0 N–H and O–H groups in total. The normalized spacial score (nSPS) is 11.1. The molecule has 0 unspecified atom stereocenters. The lowest BCUT2D eigenvalue weighted by atomic mass is 10.1. The number of fused-ring (bicyclic) bond motifs is 2. The Morgan fingerprint density at radius 1 is 1.00 bits per heavy atom. The van der Waals surface area contributed by atoms with Gasteiger partial charge in [0.05, 0.1) is 12.7 Å². The number of rotatable bonds is 3. The van der Waals surface area contributed by atoms with Crippen LogP contribution >= 0.6 is 0 Å². The van der Waals surface area contributed by atoms with Crippen molar-refractivity contribution in [1.29, 1.82) is 0 Å². The standard InChI is InChI=1S/C22H19NO2/c1-15-13-23(21-12-19(22(24)25-2)9-10-20(15)21)14-16-7-8-17-5-3-4-6-18(17)11-16/h3-13H,14H2,1-2H3. The third kappa shape index (κ3) is 2.78. The lowest BCUT2D eigenvalue weighted by molar-refractivity contribution is 0.0601. The fourth-order valence-corrected chi connectivity index (χ4v) is 3.39. The number of esters is 1. The van der Waals surface area contributed by atoms with Gasteiger partial charge in [-0.2, -0.15) is 0 Å². The van der Waals surface area contributed by atoms with Crippen LogP contribution in [0.2, 0.25) is 0 Å². The number of carbonyl (C=O) groups excluding carboxylic acids is 1. The molecule has 4 rings (SSSR count). The van der Waals surface area contributed by atoms with Crippen LogP contribution in [0.3, 0.4) is 0 Å². The maximum atomic E-state index is 11.8. The molecule has 25 heavy (non-hydrogen) atoms. The van der Waals surface area contributed by atoms with E-state index in [9.17, 15) is 4.79 Å². The summed E-state index contributed by atoms with van der Waals surface area (Å²) in [6.45, 7) is 2.86. The van der Waals surface area contributed by atoms with Gasteiger partial charge in [-0.05, 0) is 47.0 Å². The Kier molecular flexibility index (Phi) is 3.77. The van der Waals surface area contributed by atoms with E-state index in [2.05, 4.69) is 60.2 Å². The Bertz CT molecular complexity index is 1090. The highest BCUT2D eigenvalue weighted by molar-refractivity contribution is 5.95. The van der Waals surface area contributed by atoms with Gasteiger partial charge in [0.25, 0.3) is 0 Å². The van der Waals surface area contributed by atoms with Gasteiger partial charge in [-0.1, -0.05) is 42.5 Å². The number of carbonyl (C=O) groups is 1. The third-order valence-corrected chi connectivity index (χ3v) is 4.67. The van der Waals surface area contributed by atoms with Crippen molar-refractivity contribution in [3.05, 3.63) is 83.6 Å². The van der Waals surface area contributed by atoms with Crippen molar-refractivity contribution in [1.82, 2.24) is 4.57 Å². The van der Waals surface area contributed by atoms with Gasteiger partial charge >= 0.3 is 5.97 Å². The molecule has 0 fully saturated rings. The lowest BCUT2D eigenvalue weighted by Crippen LogP contribution is -2.02. The molecule has 3 nitrogen and oxygen atoms in total.